The van der Waals surface area contributed by atoms with E-state index >= 15 is 0 Å². The van der Waals surface area contributed by atoms with E-state index in [0.29, 0.717) is 18.7 Å². The molecule has 1 atom stereocenters. The molecule has 1 aliphatic rings. The molecular formula is C18H25N5O2. The van der Waals surface area contributed by atoms with Crippen LogP contribution in [0.1, 0.15) is 36.8 Å². The van der Waals surface area contributed by atoms with Gasteiger partial charge < -0.3 is 14.9 Å². The molecular weight excluding hydrogens is 318 g/mol. The Balaban J connectivity index is 1.67. The summed E-state index contributed by atoms with van der Waals surface area (Å²) in [6.45, 7) is 5.43. The van der Waals surface area contributed by atoms with E-state index in [1.165, 1.54) is 0 Å². The number of β-amino-alcohol motifs (C(OH)–C–C–N with tert-alkyl or cyclic N) is 1. The van der Waals surface area contributed by atoms with Gasteiger partial charge in [0, 0.05) is 38.6 Å². The van der Waals surface area contributed by atoms with Crippen LogP contribution < -0.4 is 4.90 Å². The lowest BCUT2D eigenvalue weighted by molar-refractivity contribution is 0.0258. The summed E-state index contributed by atoms with van der Waals surface area (Å²) < 4.78 is 1.71. The predicted molar refractivity (Wildman–Crippen MR) is 95.6 cm³/mol. The van der Waals surface area contributed by atoms with Gasteiger partial charge in [-0.1, -0.05) is 6.07 Å². The molecule has 7 heteroatoms. The highest BCUT2D eigenvalue weighted by molar-refractivity contribution is 5.92. The first-order valence-corrected chi connectivity index (χ1v) is 8.57. The Morgan fingerprint density at radius 1 is 1.36 bits per heavy atom. The molecule has 1 N–H and O–H groups in total. The summed E-state index contributed by atoms with van der Waals surface area (Å²) in [7, 11) is 1.72. The van der Waals surface area contributed by atoms with Gasteiger partial charge >= 0.3 is 0 Å². The standard InChI is InChI=1S/C18H25N5O2/c1-14(2)23-15(7-10-20-23)17(24)21(3)12-18(25)8-11-22(13-18)16-6-4-5-9-19-16/h4-7,9-10,14,25H,8,11-13H2,1-3H3. The van der Waals surface area contributed by atoms with Gasteiger partial charge in [-0.15, -0.1) is 0 Å². The van der Waals surface area contributed by atoms with Crippen LogP contribution in [0.4, 0.5) is 5.82 Å². The highest BCUT2D eigenvalue weighted by Crippen LogP contribution is 2.26. The Morgan fingerprint density at radius 2 is 2.16 bits per heavy atom. The zero-order valence-corrected chi connectivity index (χ0v) is 15.0. The molecule has 1 unspecified atom stereocenters. The SMILES string of the molecule is CC(C)n1nccc1C(=O)N(C)CC1(O)CCN(c2ccccn2)C1. The molecule has 0 spiro atoms. The quantitative estimate of drug-likeness (QED) is 0.892. The van der Waals surface area contributed by atoms with Gasteiger partial charge in [-0.2, -0.15) is 5.10 Å². The Labute approximate surface area is 147 Å². The number of aliphatic hydroxyl groups is 1. The van der Waals surface area contributed by atoms with Crippen LogP contribution >= 0.6 is 0 Å². The Bertz CT molecular complexity index is 730. The van der Waals surface area contributed by atoms with Crippen molar-refractivity contribution in [3.8, 4) is 0 Å². The largest absolute Gasteiger partial charge is 0.386 e. The maximum atomic E-state index is 12.7. The number of likely N-dealkylation sites (N-methyl/N-ethyl adjacent to an activating group) is 1. The van der Waals surface area contributed by atoms with Crippen LogP contribution in [0, 0.1) is 0 Å². The minimum absolute atomic E-state index is 0.108. The van der Waals surface area contributed by atoms with Crippen molar-refractivity contribution in [2.24, 2.45) is 0 Å². The molecule has 2 aromatic heterocycles. The van der Waals surface area contributed by atoms with E-state index in [9.17, 15) is 9.90 Å². The average Bonchev–Trinajstić information content (AvgIpc) is 3.22. The highest BCUT2D eigenvalue weighted by Gasteiger charge is 2.38. The topological polar surface area (TPSA) is 74.5 Å². The number of amides is 1. The third kappa shape index (κ3) is 3.66. The Morgan fingerprint density at radius 3 is 2.84 bits per heavy atom. The summed E-state index contributed by atoms with van der Waals surface area (Å²) in [6, 6.07) is 7.56. The Hall–Kier alpha value is -2.41. The maximum Gasteiger partial charge on any atom is 0.271 e. The lowest BCUT2D eigenvalue weighted by Gasteiger charge is -2.29. The van der Waals surface area contributed by atoms with Gasteiger partial charge in [0.2, 0.25) is 0 Å². The second-order valence-corrected chi connectivity index (χ2v) is 7.00. The van der Waals surface area contributed by atoms with Crippen LogP contribution in [0.15, 0.2) is 36.7 Å². The number of rotatable bonds is 5. The van der Waals surface area contributed by atoms with E-state index in [1.54, 1.807) is 35.1 Å². The average molecular weight is 343 g/mol. The molecule has 3 rings (SSSR count). The highest BCUT2D eigenvalue weighted by atomic mass is 16.3. The first-order chi connectivity index (χ1) is 11.9. The van der Waals surface area contributed by atoms with Gasteiger partial charge in [0.05, 0.1) is 6.54 Å². The molecule has 0 aliphatic carbocycles. The van der Waals surface area contributed by atoms with E-state index in [0.717, 1.165) is 12.4 Å². The van der Waals surface area contributed by atoms with Crippen molar-refractivity contribution in [1.29, 1.82) is 0 Å². The summed E-state index contributed by atoms with van der Waals surface area (Å²) in [5.41, 5.74) is -0.398. The molecule has 2 aromatic rings. The number of carbonyl (C=O) groups excluding carboxylic acids is 1. The van der Waals surface area contributed by atoms with Gasteiger partial charge in [0.15, 0.2) is 0 Å². The summed E-state index contributed by atoms with van der Waals surface area (Å²) >= 11 is 0. The summed E-state index contributed by atoms with van der Waals surface area (Å²) in [5, 5.41) is 15.1. The molecule has 25 heavy (non-hydrogen) atoms. The third-order valence-corrected chi connectivity index (χ3v) is 4.56. The van der Waals surface area contributed by atoms with Gasteiger partial charge in [0.25, 0.3) is 5.91 Å². The number of aromatic nitrogens is 3. The number of nitrogens with zero attached hydrogens (tertiary/aromatic N) is 5. The lowest BCUT2D eigenvalue weighted by atomic mass is 10.0. The second-order valence-electron chi connectivity index (χ2n) is 7.00. The van der Waals surface area contributed by atoms with E-state index in [2.05, 4.69) is 15.0 Å². The van der Waals surface area contributed by atoms with Crippen molar-refractivity contribution in [3.05, 3.63) is 42.4 Å². The van der Waals surface area contributed by atoms with E-state index in [1.807, 2.05) is 32.0 Å². The third-order valence-electron chi connectivity index (χ3n) is 4.56. The number of hydrogen-bond donors (Lipinski definition) is 1. The van der Waals surface area contributed by atoms with Gasteiger partial charge in [-0.05, 0) is 38.5 Å². The zero-order chi connectivity index (χ0) is 18.0. The van der Waals surface area contributed by atoms with Crippen molar-refractivity contribution in [2.45, 2.75) is 31.9 Å². The Kier molecular flexibility index (Phi) is 4.76. The fourth-order valence-electron chi connectivity index (χ4n) is 3.33. The second kappa shape index (κ2) is 6.84. The van der Waals surface area contributed by atoms with Crippen LogP contribution in [0.2, 0.25) is 0 Å². The van der Waals surface area contributed by atoms with Gasteiger partial charge in [0.1, 0.15) is 17.1 Å². The summed E-state index contributed by atoms with van der Waals surface area (Å²) in [5.74, 6) is 0.723. The van der Waals surface area contributed by atoms with Crippen LogP contribution in [-0.2, 0) is 0 Å². The fourth-order valence-corrected chi connectivity index (χ4v) is 3.33. The molecule has 3 heterocycles. The van der Waals surface area contributed by atoms with E-state index in [4.69, 9.17) is 0 Å². The van der Waals surface area contributed by atoms with Crippen molar-refractivity contribution in [2.75, 3.05) is 31.6 Å². The smallest absolute Gasteiger partial charge is 0.271 e. The lowest BCUT2D eigenvalue weighted by Crippen LogP contribution is -2.46. The van der Waals surface area contributed by atoms with Crippen LogP contribution in [0.25, 0.3) is 0 Å². The molecule has 134 valence electrons. The molecule has 0 radical (unpaired) electrons. The van der Waals surface area contributed by atoms with Crippen LogP contribution in [-0.4, -0.2) is 63.0 Å². The van der Waals surface area contributed by atoms with E-state index < -0.39 is 5.60 Å². The monoisotopic (exact) mass is 343 g/mol. The van der Waals surface area contributed by atoms with Crippen molar-refractivity contribution in [1.82, 2.24) is 19.7 Å². The number of hydrogen-bond acceptors (Lipinski definition) is 5. The van der Waals surface area contributed by atoms with Gasteiger partial charge in [-0.25, -0.2) is 4.98 Å². The van der Waals surface area contributed by atoms with Crippen LogP contribution in [0.5, 0.6) is 0 Å². The van der Waals surface area contributed by atoms with Crippen molar-refractivity contribution < 1.29 is 9.90 Å². The van der Waals surface area contributed by atoms with E-state index in [-0.39, 0.29) is 18.5 Å². The zero-order valence-electron chi connectivity index (χ0n) is 15.0. The van der Waals surface area contributed by atoms with Crippen molar-refractivity contribution >= 4 is 11.7 Å². The summed E-state index contributed by atoms with van der Waals surface area (Å²) in [6.07, 6.45) is 3.98. The molecule has 0 aromatic carbocycles. The number of anilines is 1. The first-order valence-electron chi connectivity index (χ1n) is 8.57. The molecule has 1 amide bonds. The molecule has 1 fully saturated rings. The van der Waals surface area contributed by atoms with Gasteiger partial charge in [-0.3, -0.25) is 9.48 Å². The maximum absolute atomic E-state index is 12.7. The normalized spacial score (nSPS) is 20.3. The fraction of sp³-hybridized carbons (Fsp3) is 0.500. The molecule has 7 nitrogen and oxygen atoms in total. The summed E-state index contributed by atoms with van der Waals surface area (Å²) in [4.78, 5) is 20.7. The van der Waals surface area contributed by atoms with Crippen LogP contribution in [0.3, 0.4) is 0 Å². The first kappa shape index (κ1) is 17.4. The number of carbonyl (C=O) groups is 1. The van der Waals surface area contributed by atoms with Crippen molar-refractivity contribution in [3.63, 3.8) is 0 Å². The molecule has 1 aliphatic heterocycles. The molecule has 0 saturated carbocycles. The minimum atomic E-state index is -0.940. The predicted octanol–water partition coefficient (Wildman–Crippen LogP) is 1.57. The number of pyridine rings is 1. The minimum Gasteiger partial charge on any atom is -0.386 e. The molecule has 1 saturated heterocycles. The molecule has 0 bridgehead atoms.